The van der Waals surface area contributed by atoms with Crippen molar-refractivity contribution in [2.24, 2.45) is 0 Å². The Hall–Kier alpha value is -3.20. The number of rotatable bonds is 6. The Bertz CT molecular complexity index is 1620. The van der Waals surface area contributed by atoms with Crippen molar-refractivity contribution in [1.82, 2.24) is 10.6 Å². The molecule has 0 aromatic heterocycles. The van der Waals surface area contributed by atoms with Crippen molar-refractivity contribution in [2.45, 2.75) is 81.1 Å². The Labute approximate surface area is 254 Å². The van der Waals surface area contributed by atoms with Gasteiger partial charge in [0.05, 0.1) is 16.2 Å². The molecule has 2 unspecified atom stereocenters. The molecule has 7 rings (SSSR count). The number of nitrogens with one attached hydrogen (secondary N) is 2. The van der Waals surface area contributed by atoms with E-state index in [9.17, 15) is 9.90 Å². The largest absolute Gasteiger partial charge is 0.489 e. The average molecular weight is 609 g/mol. The molecule has 226 valence electrons. The normalized spacial score (nSPS) is 30.1. The van der Waals surface area contributed by atoms with Crippen LogP contribution >= 0.6 is 11.6 Å². The van der Waals surface area contributed by atoms with Crippen molar-refractivity contribution in [3.63, 3.8) is 0 Å². The molecule has 4 aliphatic rings. The van der Waals surface area contributed by atoms with Crippen LogP contribution in [-0.4, -0.2) is 42.4 Å². The van der Waals surface area contributed by atoms with Crippen LogP contribution in [-0.2, 0) is 5.60 Å². The number of amides is 1. The van der Waals surface area contributed by atoms with Crippen molar-refractivity contribution < 1.29 is 28.2 Å². The fourth-order valence-electron chi connectivity index (χ4n) is 7.37. The highest BCUT2D eigenvalue weighted by atomic mass is 35.5. The molecule has 3 N–H and O–H groups in total. The quantitative estimate of drug-likeness (QED) is 0.295. The van der Waals surface area contributed by atoms with Gasteiger partial charge in [0.1, 0.15) is 29.2 Å². The summed E-state index contributed by atoms with van der Waals surface area (Å²) in [4.78, 5) is 13.2. The van der Waals surface area contributed by atoms with Crippen molar-refractivity contribution in [1.29, 1.82) is 0 Å². The van der Waals surface area contributed by atoms with Crippen molar-refractivity contribution in [3.05, 3.63) is 81.4 Å². The summed E-state index contributed by atoms with van der Waals surface area (Å²) in [6.45, 7) is 4.24. The van der Waals surface area contributed by atoms with Crippen LogP contribution in [0.1, 0.15) is 84.8 Å². The summed E-state index contributed by atoms with van der Waals surface area (Å²) in [7, 11) is 1.47. The van der Waals surface area contributed by atoms with E-state index >= 15 is 8.78 Å². The van der Waals surface area contributed by atoms with E-state index in [0.717, 1.165) is 18.4 Å². The number of hydrogen-bond donors (Lipinski definition) is 3. The highest BCUT2D eigenvalue weighted by molar-refractivity contribution is 6.34. The van der Waals surface area contributed by atoms with Gasteiger partial charge >= 0.3 is 0 Å². The number of halogens is 3. The first kappa shape index (κ1) is 28.6. The summed E-state index contributed by atoms with van der Waals surface area (Å²) in [5, 5.41) is 16.5. The Balaban J connectivity index is 1.37. The standard InChI is InChI=1S/C34H35ClF2N2O4/c1-17-26-25(43-34(17,18-7-5-4-6-8-18)16-39-19-9-11-33(2,41)12-10-19)15-22(36)30(35)29(26)28-21(32(40)38-3)14-24-27(31(28)37)20-13-23(20)42-24/h4-8,14-15,17,19-20,23,39,41H,9-13,16H2,1-3H3,(H,38,40)/t17-,19?,20?,23?,33?,34-/m0/s1. The van der Waals surface area contributed by atoms with E-state index in [1.807, 2.05) is 44.2 Å². The van der Waals surface area contributed by atoms with Crippen LogP contribution in [0, 0.1) is 11.6 Å². The first-order valence-corrected chi connectivity index (χ1v) is 15.4. The monoisotopic (exact) mass is 608 g/mol. The van der Waals surface area contributed by atoms with Crippen LogP contribution in [0.3, 0.4) is 0 Å². The molecule has 1 amide bonds. The zero-order valence-corrected chi connectivity index (χ0v) is 25.2. The van der Waals surface area contributed by atoms with Crippen LogP contribution in [0.15, 0.2) is 42.5 Å². The van der Waals surface area contributed by atoms with E-state index in [0.29, 0.717) is 42.7 Å². The second-order valence-electron chi connectivity index (χ2n) is 12.8. The van der Waals surface area contributed by atoms with E-state index in [4.69, 9.17) is 21.1 Å². The minimum atomic E-state index is -0.972. The molecule has 3 aromatic carbocycles. The van der Waals surface area contributed by atoms with Gasteiger partial charge in [-0.3, -0.25) is 4.79 Å². The Kier molecular flexibility index (Phi) is 6.76. The molecule has 0 radical (unpaired) electrons. The molecule has 0 bridgehead atoms. The Morgan fingerprint density at radius 1 is 1.09 bits per heavy atom. The summed E-state index contributed by atoms with van der Waals surface area (Å²) in [5.74, 6) is -1.76. The lowest BCUT2D eigenvalue weighted by molar-refractivity contribution is 0.00890. The summed E-state index contributed by atoms with van der Waals surface area (Å²) < 4.78 is 44.9. The SMILES string of the molecule is CNC(=O)c1cc2c(c(F)c1-c1c(Cl)c(F)cc3c1[C@H](C)[C@@](CNC1CCC(C)(O)CC1)(c1ccccc1)O3)C1CC1O2. The van der Waals surface area contributed by atoms with Gasteiger partial charge in [0.25, 0.3) is 5.91 Å². The Morgan fingerprint density at radius 3 is 2.51 bits per heavy atom. The molecule has 4 atom stereocenters. The van der Waals surface area contributed by atoms with Crippen molar-refractivity contribution in [2.75, 3.05) is 13.6 Å². The number of ether oxygens (including phenoxy) is 2. The molecular weight excluding hydrogens is 574 g/mol. The second kappa shape index (κ2) is 10.2. The van der Waals surface area contributed by atoms with Gasteiger partial charge in [-0.05, 0) is 50.7 Å². The summed E-state index contributed by atoms with van der Waals surface area (Å²) in [6, 6.07) is 12.7. The van der Waals surface area contributed by atoms with Gasteiger partial charge < -0.3 is 25.2 Å². The molecule has 6 nitrogen and oxygen atoms in total. The van der Waals surface area contributed by atoms with Crippen LogP contribution < -0.4 is 20.1 Å². The fraction of sp³-hybridized carbons (Fsp3) is 0.441. The number of carbonyl (C=O) groups excluding carboxylic acids is 1. The lowest BCUT2D eigenvalue weighted by atomic mass is 9.76. The maximum absolute atomic E-state index is 16.7. The van der Waals surface area contributed by atoms with Gasteiger partial charge in [0, 0.05) is 59.8 Å². The number of benzene rings is 3. The molecule has 0 saturated heterocycles. The third-order valence-electron chi connectivity index (χ3n) is 9.99. The van der Waals surface area contributed by atoms with Crippen LogP contribution in [0.25, 0.3) is 11.1 Å². The molecule has 2 heterocycles. The summed E-state index contributed by atoms with van der Waals surface area (Å²) in [6.07, 6.45) is 3.60. The first-order valence-electron chi connectivity index (χ1n) is 15.0. The van der Waals surface area contributed by atoms with Crippen LogP contribution in [0.4, 0.5) is 8.78 Å². The van der Waals surface area contributed by atoms with Crippen molar-refractivity contribution in [3.8, 4) is 22.6 Å². The number of hydrogen-bond acceptors (Lipinski definition) is 5. The molecule has 2 aliphatic heterocycles. The zero-order chi connectivity index (χ0) is 30.3. The minimum Gasteiger partial charge on any atom is -0.489 e. The van der Waals surface area contributed by atoms with Crippen LogP contribution in [0.5, 0.6) is 11.5 Å². The predicted octanol–water partition coefficient (Wildman–Crippen LogP) is 6.57. The van der Waals surface area contributed by atoms with Gasteiger partial charge in [-0.25, -0.2) is 8.78 Å². The minimum absolute atomic E-state index is 0.0308. The average Bonchev–Trinajstić information content (AvgIpc) is 3.56. The number of fused-ring (bicyclic) bond motifs is 4. The highest BCUT2D eigenvalue weighted by Gasteiger charge is 2.53. The van der Waals surface area contributed by atoms with E-state index in [2.05, 4.69) is 10.6 Å². The molecule has 2 aliphatic carbocycles. The van der Waals surface area contributed by atoms with Gasteiger partial charge in [-0.1, -0.05) is 48.9 Å². The molecular formula is C34H35ClF2N2O4. The maximum Gasteiger partial charge on any atom is 0.251 e. The molecule has 9 heteroatoms. The lowest BCUT2D eigenvalue weighted by Gasteiger charge is -2.38. The van der Waals surface area contributed by atoms with E-state index < -0.39 is 34.7 Å². The zero-order valence-electron chi connectivity index (χ0n) is 24.4. The predicted molar refractivity (Wildman–Crippen MR) is 160 cm³/mol. The maximum atomic E-state index is 16.7. The van der Waals surface area contributed by atoms with Gasteiger partial charge in [-0.15, -0.1) is 0 Å². The van der Waals surface area contributed by atoms with E-state index in [1.54, 1.807) is 6.07 Å². The van der Waals surface area contributed by atoms with Crippen LogP contribution in [0.2, 0.25) is 5.02 Å². The molecule has 2 fully saturated rings. The first-order chi connectivity index (χ1) is 20.5. The van der Waals surface area contributed by atoms with Gasteiger partial charge in [0.2, 0.25) is 0 Å². The second-order valence-corrected chi connectivity index (χ2v) is 13.2. The molecule has 43 heavy (non-hydrogen) atoms. The number of carbonyl (C=O) groups is 1. The lowest BCUT2D eigenvalue weighted by Crippen LogP contribution is -2.49. The topological polar surface area (TPSA) is 79.8 Å². The molecule has 2 saturated carbocycles. The van der Waals surface area contributed by atoms with Gasteiger partial charge in [0.15, 0.2) is 5.60 Å². The summed E-state index contributed by atoms with van der Waals surface area (Å²) in [5.41, 5.74) is 0.352. The molecule has 0 spiro atoms. The Morgan fingerprint density at radius 2 is 1.81 bits per heavy atom. The van der Waals surface area contributed by atoms with E-state index in [-0.39, 0.29) is 45.5 Å². The third kappa shape index (κ3) is 4.52. The van der Waals surface area contributed by atoms with E-state index in [1.165, 1.54) is 13.1 Å². The number of aliphatic hydroxyl groups is 1. The van der Waals surface area contributed by atoms with Gasteiger partial charge in [-0.2, -0.15) is 0 Å². The highest BCUT2D eigenvalue weighted by Crippen LogP contribution is 2.60. The van der Waals surface area contributed by atoms with Crippen molar-refractivity contribution >= 4 is 17.5 Å². The molecule has 3 aromatic rings. The smallest absolute Gasteiger partial charge is 0.251 e. The fourth-order valence-corrected chi connectivity index (χ4v) is 7.62. The third-order valence-corrected chi connectivity index (χ3v) is 10.4. The summed E-state index contributed by atoms with van der Waals surface area (Å²) >= 11 is 6.73.